The normalized spacial score (nSPS) is 29.7. The lowest BCUT2D eigenvalue weighted by Crippen LogP contribution is -2.57. The van der Waals surface area contributed by atoms with E-state index in [1.54, 1.807) is 6.08 Å². The number of carbonyl (C=O) groups is 1. The third-order valence-corrected chi connectivity index (χ3v) is 3.67. The van der Waals surface area contributed by atoms with E-state index in [1.807, 2.05) is 36.4 Å². The van der Waals surface area contributed by atoms with E-state index in [-0.39, 0.29) is 13.2 Å². The average Bonchev–Trinajstić information content (AvgIpc) is 2.54. The number of rotatable bonds is 5. The molecule has 0 aromatic heterocycles. The summed E-state index contributed by atoms with van der Waals surface area (Å²) in [5, 5.41) is -0.665. The van der Waals surface area contributed by atoms with E-state index >= 15 is 0 Å². The van der Waals surface area contributed by atoms with E-state index in [2.05, 4.69) is 0 Å². The van der Waals surface area contributed by atoms with Gasteiger partial charge in [0, 0.05) is 20.3 Å². The lowest BCUT2D eigenvalue weighted by Gasteiger charge is -2.41. The number of hydrogen-bond acceptors (Lipinski definition) is 5. The molecule has 1 aromatic carbocycles. The van der Waals surface area contributed by atoms with Crippen LogP contribution in [0.2, 0.25) is 0 Å². The van der Waals surface area contributed by atoms with Gasteiger partial charge in [0.05, 0.1) is 13.2 Å². The number of carbonyl (C=O) groups excluding carboxylic acids is 1. The van der Waals surface area contributed by atoms with Crippen molar-refractivity contribution in [3.63, 3.8) is 0 Å². The van der Waals surface area contributed by atoms with Crippen molar-refractivity contribution in [2.75, 3.05) is 27.4 Å². The predicted molar refractivity (Wildman–Crippen MR) is 77.7 cm³/mol. The molecule has 0 unspecified atom stereocenters. The Bertz CT molecular complexity index is 506. The lowest BCUT2D eigenvalue weighted by molar-refractivity contribution is -0.386. The van der Waals surface area contributed by atoms with Crippen molar-refractivity contribution in [2.45, 2.75) is 11.6 Å². The van der Waals surface area contributed by atoms with Crippen LogP contribution in [0.25, 0.3) is 6.08 Å². The van der Waals surface area contributed by atoms with Gasteiger partial charge in [0.15, 0.2) is 5.60 Å². The molecule has 0 radical (unpaired) electrons. The van der Waals surface area contributed by atoms with Crippen LogP contribution in [0.3, 0.4) is 0 Å². The minimum atomic E-state index is -1.36. The monoisotopic (exact) mass is 312 g/mol. The Hall–Kier alpha value is -1.24. The lowest BCUT2D eigenvalue weighted by atomic mass is 10.1. The number of halogens is 1. The van der Waals surface area contributed by atoms with Crippen molar-refractivity contribution in [1.82, 2.24) is 0 Å². The molecule has 1 aliphatic heterocycles. The Morgan fingerprint density at radius 2 is 1.81 bits per heavy atom. The van der Waals surface area contributed by atoms with Crippen molar-refractivity contribution in [3.05, 3.63) is 42.0 Å². The standard InChI is InChI=1S/C15H17ClO5/c1-18-14(13(16)17)10-20-15(19-2,21-11-14)9-8-12-6-4-3-5-7-12/h3-9H,10-11H2,1-2H3. The van der Waals surface area contributed by atoms with E-state index in [0.717, 1.165) is 5.56 Å². The molecule has 6 heteroatoms. The maximum absolute atomic E-state index is 11.5. The van der Waals surface area contributed by atoms with Gasteiger partial charge in [-0.15, -0.1) is 0 Å². The SMILES string of the molecule is COC1(C=Cc2ccccc2)OCC(OC)(C(=O)Cl)CO1. The van der Waals surface area contributed by atoms with Crippen LogP contribution in [-0.2, 0) is 23.7 Å². The van der Waals surface area contributed by atoms with Crippen molar-refractivity contribution in [1.29, 1.82) is 0 Å². The molecule has 0 N–H and O–H groups in total. The molecule has 0 aliphatic carbocycles. The molecule has 0 saturated carbocycles. The number of ether oxygens (including phenoxy) is 4. The fourth-order valence-corrected chi connectivity index (χ4v) is 2.06. The Morgan fingerprint density at radius 3 is 2.29 bits per heavy atom. The highest BCUT2D eigenvalue weighted by atomic mass is 35.5. The van der Waals surface area contributed by atoms with Crippen molar-refractivity contribution < 1.29 is 23.7 Å². The highest BCUT2D eigenvalue weighted by Crippen LogP contribution is 2.30. The molecule has 0 spiro atoms. The summed E-state index contributed by atoms with van der Waals surface area (Å²) in [7, 11) is 2.84. The third kappa shape index (κ3) is 3.51. The smallest absolute Gasteiger partial charge is 0.304 e. The number of hydrogen-bond donors (Lipinski definition) is 0. The molecular weight excluding hydrogens is 296 g/mol. The van der Waals surface area contributed by atoms with Crippen molar-refractivity contribution >= 4 is 22.9 Å². The summed E-state index contributed by atoms with van der Waals surface area (Å²) >= 11 is 5.54. The Balaban J connectivity index is 2.11. The fraction of sp³-hybridized carbons (Fsp3) is 0.400. The van der Waals surface area contributed by atoms with Gasteiger partial charge in [0.2, 0.25) is 0 Å². The van der Waals surface area contributed by atoms with Crippen molar-refractivity contribution in [2.24, 2.45) is 0 Å². The summed E-state index contributed by atoms with van der Waals surface area (Å²) in [5.74, 6) is -1.36. The first-order valence-corrected chi connectivity index (χ1v) is 6.76. The van der Waals surface area contributed by atoms with Gasteiger partial charge in [-0.1, -0.05) is 36.4 Å². The van der Waals surface area contributed by atoms with E-state index < -0.39 is 16.8 Å². The number of methoxy groups -OCH3 is 2. The van der Waals surface area contributed by atoms with Crippen LogP contribution in [0.1, 0.15) is 5.56 Å². The molecule has 1 aliphatic rings. The first-order chi connectivity index (χ1) is 10.1. The fourth-order valence-electron chi connectivity index (χ4n) is 1.87. The summed E-state index contributed by atoms with van der Waals surface area (Å²) in [6, 6.07) is 9.64. The van der Waals surface area contributed by atoms with Crippen LogP contribution in [0.5, 0.6) is 0 Å². The molecule has 0 atom stereocenters. The van der Waals surface area contributed by atoms with Gasteiger partial charge in [-0.3, -0.25) is 4.79 Å². The molecule has 5 nitrogen and oxygen atoms in total. The van der Waals surface area contributed by atoms with Crippen LogP contribution in [0.15, 0.2) is 36.4 Å². The maximum Gasteiger partial charge on any atom is 0.304 e. The second-order valence-corrected chi connectivity index (χ2v) is 4.94. The molecular formula is C15H17ClO5. The highest BCUT2D eigenvalue weighted by molar-refractivity contribution is 6.65. The van der Waals surface area contributed by atoms with Gasteiger partial charge >= 0.3 is 5.97 Å². The first kappa shape index (κ1) is 16.1. The quantitative estimate of drug-likeness (QED) is 0.780. The minimum Gasteiger partial charge on any atom is -0.364 e. The van der Waals surface area contributed by atoms with Gasteiger partial charge in [0.25, 0.3) is 5.24 Å². The summed E-state index contributed by atoms with van der Waals surface area (Å²) in [5.41, 5.74) is -0.331. The van der Waals surface area contributed by atoms with E-state index in [1.165, 1.54) is 14.2 Å². The summed E-state index contributed by atoms with van der Waals surface area (Å²) in [6.45, 7) is -0.113. The van der Waals surface area contributed by atoms with E-state index in [4.69, 9.17) is 30.5 Å². The van der Waals surface area contributed by atoms with Gasteiger partial charge in [-0.25, -0.2) is 0 Å². The van der Waals surface area contributed by atoms with Crippen molar-refractivity contribution in [3.8, 4) is 0 Å². The van der Waals surface area contributed by atoms with Gasteiger partial charge in [-0.2, -0.15) is 0 Å². The zero-order valence-electron chi connectivity index (χ0n) is 11.9. The topological polar surface area (TPSA) is 54.0 Å². The highest BCUT2D eigenvalue weighted by Gasteiger charge is 2.48. The third-order valence-electron chi connectivity index (χ3n) is 3.33. The minimum absolute atomic E-state index is 0.0567. The van der Waals surface area contributed by atoms with Crippen LogP contribution in [0, 0.1) is 0 Å². The summed E-state index contributed by atoms with van der Waals surface area (Å²) in [4.78, 5) is 11.5. The van der Waals surface area contributed by atoms with Crippen LogP contribution in [0.4, 0.5) is 0 Å². The molecule has 21 heavy (non-hydrogen) atoms. The zero-order chi connectivity index (χ0) is 15.3. The molecule has 2 rings (SSSR count). The van der Waals surface area contributed by atoms with Gasteiger partial charge in [-0.05, 0) is 17.2 Å². The van der Waals surface area contributed by atoms with Crippen LogP contribution >= 0.6 is 11.6 Å². The van der Waals surface area contributed by atoms with Gasteiger partial charge < -0.3 is 18.9 Å². The maximum atomic E-state index is 11.5. The van der Waals surface area contributed by atoms with Gasteiger partial charge in [0.1, 0.15) is 0 Å². The van der Waals surface area contributed by atoms with E-state index in [9.17, 15) is 4.79 Å². The van der Waals surface area contributed by atoms with E-state index in [0.29, 0.717) is 0 Å². The Labute approximate surface area is 128 Å². The van der Waals surface area contributed by atoms with Crippen LogP contribution < -0.4 is 0 Å². The predicted octanol–water partition coefficient (Wildman–Crippen LogP) is 2.20. The molecule has 0 amide bonds. The largest absolute Gasteiger partial charge is 0.364 e. The zero-order valence-corrected chi connectivity index (χ0v) is 12.6. The summed E-state index contributed by atoms with van der Waals surface area (Å²) < 4.78 is 21.5. The summed E-state index contributed by atoms with van der Waals surface area (Å²) in [6.07, 6.45) is 3.45. The number of benzene rings is 1. The first-order valence-electron chi connectivity index (χ1n) is 6.38. The molecule has 1 aromatic rings. The molecule has 1 fully saturated rings. The molecule has 1 saturated heterocycles. The molecule has 0 bridgehead atoms. The Kier molecular flexibility index (Phi) is 5.13. The second kappa shape index (κ2) is 6.68. The molecule has 1 heterocycles. The Morgan fingerprint density at radius 1 is 1.19 bits per heavy atom. The average molecular weight is 313 g/mol. The second-order valence-electron chi connectivity index (χ2n) is 4.60. The molecule has 114 valence electrons. The van der Waals surface area contributed by atoms with Crippen LogP contribution in [-0.4, -0.2) is 44.3 Å².